The van der Waals surface area contributed by atoms with Gasteiger partial charge in [0.1, 0.15) is 5.82 Å². The number of hydrogen-bond donors (Lipinski definition) is 0. The standard InChI is InChI=1S/C27H34FN3O/c28-24-11-5-7-13-26(24)30-18-16-29(17-19-30)20-23-15-14-21-8-4-6-12-25(21)31(23)27(32)22-9-2-1-3-10-22/h4-8,11-13,22-23H,1-3,9-10,14-20H2. The van der Waals surface area contributed by atoms with Crippen molar-refractivity contribution in [1.29, 1.82) is 0 Å². The van der Waals surface area contributed by atoms with Gasteiger partial charge in [-0.05, 0) is 49.4 Å². The summed E-state index contributed by atoms with van der Waals surface area (Å²) < 4.78 is 14.2. The molecule has 0 N–H and O–H groups in total. The number of fused-ring (bicyclic) bond motifs is 1. The van der Waals surface area contributed by atoms with E-state index in [-0.39, 0.29) is 17.8 Å². The van der Waals surface area contributed by atoms with E-state index in [2.05, 4.69) is 39.0 Å². The number of amides is 1. The van der Waals surface area contributed by atoms with E-state index in [4.69, 9.17) is 0 Å². The molecule has 1 saturated carbocycles. The van der Waals surface area contributed by atoms with Gasteiger partial charge in [0.05, 0.1) is 5.69 Å². The molecule has 1 aliphatic carbocycles. The highest BCUT2D eigenvalue weighted by atomic mass is 19.1. The van der Waals surface area contributed by atoms with Crippen LogP contribution in [-0.2, 0) is 11.2 Å². The van der Waals surface area contributed by atoms with Gasteiger partial charge in [0, 0.05) is 50.4 Å². The van der Waals surface area contributed by atoms with Crippen molar-refractivity contribution in [1.82, 2.24) is 4.90 Å². The van der Waals surface area contributed by atoms with Crippen molar-refractivity contribution in [2.45, 2.75) is 51.0 Å². The van der Waals surface area contributed by atoms with Crippen molar-refractivity contribution in [2.75, 3.05) is 42.5 Å². The van der Waals surface area contributed by atoms with Crippen LogP contribution < -0.4 is 9.80 Å². The third kappa shape index (κ3) is 4.40. The molecule has 4 nitrogen and oxygen atoms in total. The minimum Gasteiger partial charge on any atom is -0.367 e. The summed E-state index contributed by atoms with van der Waals surface area (Å²) >= 11 is 0. The number of carbonyl (C=O) groups is 1. The van der Waals surface area contributed by atoms with Gasteiger partial charge in [0.15, 0.2) is 0 Å². The summed E-state index contributed by atoms with van der Waals surface area (Å²) in [6, 6.07) is 15.7. The van der Waals surface area contributed by atoms with Gasteiger partial charge in [-0.1, -0.05) is 49.6 Å². The molecule has 170 valence electrons. The number of para-hydroxylation sites is 2. The Labute approximate surface area is 191 Å². The second-order valence-corrected chi connectivity index (χ2v) is 9.60. The van der Waals surface area contributed by atoms with Gasteiger partial charge in [0.25, 0.3) is 0 Å². The topological polar surface area (TPSA) is 26.8 Å². The number of piperazine rings is 1. The van der Waals surface area contributed by atoms with Crippen LogP contribution in [0.25, 0.3) is 0 Å². The number of benzene rings is 2. The lowest BCUT2D eigenvalue weighted by Gasteiger charge is -2.43. The molecule has 1 amide bonds. The molecule has 2 aliphatic heterocycles. The van der Waals surface area contributed by atoms with Crippen LogP contribution in [0.1, 0.15) is 44.1 Å². The van der Waals surface area contributed by atoms with Gasteiger partial charge in [0.2, 0.25) is 5.91 Å². The van der Waals surface area contributed by atoms with Gasteiger partial charge < -0.3 is 9.80 Å². The minimum atomic E-state index is -0.144. The predicted octanol–water partition coefficient (Wildman–Crippen LogP) is 4.88. The number of hydrogen-bond acceptors (Lipinski definition) is 3. The average molecular weight is 436 g/mol. The molecule has 2 heterocycles. The molecule has 2 aromatic rings. The summed E-state index contributed by atoms with van der Waals surface area (Å²) in [5.41, 5.74) is 3.13. The molecule has 2 fully saturated rings. The van der Waals surface area contributed by atoms with Crippen molar-refractivity contribution < 1.29 is 9.18 Å². The SMILES string of the molecule is O=C(C1CCCCC1)N1c2ccccc2CCC1CN1CCN(c2ccccc2F)CC1. The van der Waals surface area contributed by atoms with Crippen molar-refractivity contribution >= 4 is 17.3 Å². The van der Waals surface area contributed by atoms with Crippen LogP contribution in [0.4, 0.5) is 15.8 Å². The van der Waals surface area contributed by atoms with E-state index < -0.39 is 0 Å². The molecule has 0 spiro atoms. The number of halogens is 1. The van der Waals surface area contributed by atoms with Crippen molar-refractivity contribution in [3.05, 3.63) is 59.9 Å². The van der Waals surface area contributed by atoms with E-state index in [9.17, 15) is 9.18 Å². The summed E-state index contributed by atoms with van der Waals surface area (Å²) in [5, 5.41) is 0. The highest BCUT2D eigenvalue weighted by molar-refractivity contribution is 5.97. The van der Waals surface area contributed by atoms with E-state index in [0.717, 1.165) is 64.1 Å². The maximum absolute atomic E-state index is 14.2. The van der Waals surface area contributed by atoms with Gasteiger partial charge in [-0.15, -0.1) is 0 Å². The molecule has 5 rings (SSSR count). The first kappa shape index (κ1) is 21.4. The third-order valence-electron chi connectivity index (χ3n) is 7.59. The van der Waals surface area contributed by atoms with Gasteiger partial charge in [-0.2, -0.15) is 0 Å². The van der Waals surface area contributed by atoms with Gasteiger partial charge >= 0.3 is 0 Å². The van der Waals surface area contributed by atoms with E-state index in [1.165, 1.54) is 30.9 Å². The fraction of sp³-hybridized carbons (Fsp3) is 0.519. The number of nitrogens with zero attached hydrogens (tertiary/aromatic N) is 3. The van der Waals surface area contributed by atoms with E-state index in [1.807, 2.05) is 12.1 Å². The first-order valence-electron chi connectivity index (χ1n) is 12.3. The van der Waals surface area contributed by atoms with E-state index in [1.54, 1.807) is 6.07 Å². The maximum atomic E-state index is 14.2. The van der Waals surface area contributed by atoms with Gasteiger partial charge in [-0.25, -0.2) is 4.39 Å². The van der Waals surface area contributed by atoms with Crippen LogP contribution in [0, 0.1) is 11.7 Å². The Morgan fingerprint density at radius 2 is 1.53 bits per heavy atom. The zero-order valence-corrected chi connectivity index (χ0v) is 18.9. The zero-order valence-electron chi connectivity index (χ0n) is 18.9. The largest absolute Gasteiger partial charge is 0.367 e. The smallest absolute Gasteiger partial charge is 0.230 e. The molecule has 2 aromatic carbocycles. The Hall–Kier alpha value is -2.40. The van der Waals surface area contributed by atoms with Crippen molar-refractivity contribution in [2.24, 2.45) is 5.92 Å². The average Bonchev–Trinajstić information content (AvgIpc) is 2.85. The minimum absolute atomic E-state index is 0.144. The molecule has 0 radical (unpaired) electrons. The Balaban J connectivity index is 1.29. The van der Waals surface area contributed by atoms with Crippen LogP contribution in [0.3, 0.4) is 0 Å². The zero-order chi connectivity index (χ0) is 21.9. The monoisotopic (exact) mass is 435 g/mol. The summed E-state index contributed by atoms with van der Waals surface area (Å²) in [6.07, 6.45) is 7.73. The summed E-state index contributed by atoms with van der Waals surface area (Å²) in [7, 11) is 0. The normalized spacial score (nSPS) is 22.6. The lowest BCUT2D eigenvalue weighted by Crippen LogP contribution is -2.55. The quantitative estimate of drug-likeness (QED) is 0.685. The number of carbonyl (C=O) groups excluding carboxylic acids is 1. The highest BCUT2D eigenvalue weighted by Gasteiger charge is 2.36. The molecule has 0 bridgehead atoms. The molecular weight excluding hydrogens is 401 g/mol. The summed E-state index contributed by atoms with van der Waals surface area (Å²) in [5.74, 6) is 0.372. The Kier molecular flexibility index (Phi) is 6.44. The molecule has 1 saturated heterocycles. The number of rotatable bonds is 4. The maximum Gasteiger partial charge on any atom is 0.230 e. The number of anilines is 2. The predicted molar refractivity (Wildman–Crippen MR) is 128 cm³/mol. The Morgan fingerprint density at radius 1 is 0.844 bits per heavy atom. The van der Waals surface area contributed by atoms with Crippen molar-refractivity contribution in [3.8, 4) is 0 Å². The third-order valence-corrected chi connectivity index (χ3v) is 7.59. The lowest BCUT2D eigenvalue weighted by molar-refractivity contribution is -0.124. The van der Waals surface area contributed by atoms with Crippen LogP contribution in [0.5, 0.6) is 0 Å². The molecule has 1 unspecified atom stereocenters. The van der Waals surface area contributed by atoms with Crippen LogP contribution in [0.15, 0.2) is 48.5 Å². The van der Waals surface area contributed by atoms with Crippen LogP contribution in [-0.4, -0.2) is 49.6 Å². The fourth-order valence-electron chi connectivity index (χ4n) is 5.80. The molecule has 3 aliphatic rings. The fourth-order valence-corrected chi connectivity index (χ4v) is 5.80. The van der Waals surface area contributed by atoms with Crippen molar-refractivity contribution in [3.63, 3.8) is 0 Å². The summed E-state index contributed by atoms with van der Waals surface area (Å²) in [6.45, 7) is 4.34. The van der Waals surface area contributed by atoms with Gasteiger partial charge in [-0.3, -0.25) is 9.69 Å². The molecule has 32 heavy (non-hydrogen) atoms. The summed E-state index contributed by atoms with van der Waals surface area (Å²) in [4.78, 5) is 20.5. The lowest BCUT2D eigenvalue weighted by atomic mass is 9.86. The molecular formula is C27H34FN3O. The highest BCUT2D eigenvalue weighted by Crippen LogP contribution is 2.35. The number of aryl methyl sites for hydroxylation is 1. The second kappa shape index (κ2) is 9.62. The van der Waals surface area contributed by atoms with E-state index >= 15 is 0 Å². The molecule has 0 aromatic heterocycles. The van der Waals surface area contributed by atoms with Crippen LogP contribution >= 0.6 is 0 Å². The molecule has 1 atom stereocenters. The Morgan fingerprint density at radius 3 is 2.28 bits per heavy atom. The Bertz CT molecular complexity index is 934. The first-order chi connectivity index (χ1) is 15.7. The van der Waals surface area contributed by atoms with E-state index in [0.29, 0.717) is 11.6 Å². The first-order valence-corrected chi connectivity index (χ1v) is 12.3. The molecule has 5 heteroatoms. The van der Waals surface area contributed by atoms with Crippen LogP contribution in [0.2, 0.25) is 0 Å². The second-order valence-electron chi connectivity index (χ2n) is 9.60.